The molecule has 1 aromatic rings. The fourth-order valence-electron chi connectivity index (χ4n) is 5.53. The standard InChI is InChI=1S/C23H30FN5O2/c1-3-20(15-4-6-16(24)7-5-15)29-18-9-21(23(29)31)27(12-18)13-19(26)22(30)28-11-14(2)8-17(28)10-25/h4-7,14,17-21H,3,8-9,11-13,26H2,1-2H3/t14?,17?,18-,19?,20?,21?/m0/s1. The highest BCUT2D eigenvalue weighted by molar-refractivity contribution is 5.87. The number of nitriles is 1. The van der Waals surface area contributed by atoms with Gasteiger partial charge in [0.05, 0.1) is 24.2 Å². The molecule has 2 bridgehead atoms. The van der Waals surface area contributed by atoms with E-state index in [0.29, 0.717) is 26.1 Å². The van der Waals surface area contributed by atoms with Gasteiger partial charge in [-0.1, -0.05) is 26.0 Å². The van der Waals surface area contributed by atoms with E-state index >= 15 is 0 Å². The van der Waals surface area contributed by atoms with Crippen LogP contribution in [0.3, 0.4) is 0 Å². The summed E-state index contributed by atoms with van der Waals surface area (Å²) < 4.78 is 13.3. The van der Waals surface area contributed by atoms with E-state index in [2.05, 4.69) is 6.07 Å². The van der Waals surface area contributed by atoms with Crippen molar-refractivity contribution in [3.05, 3.63) is 35.6 Å². The first kappa shape index (κ1) is 21.7. The van der Waals surface area contributed by atoms with Crippen LogP contribution in [0.4, 0.5) is 4.39 Å². The number of hydrogen-bond acceptors (Lipinski definition) is 5. The highest BCUT2D eigenvalue weighted by Gasteiger charge is 2.52. The van der Waals surface area contributed by atoms with Crippen LogP contribution < -0.4 is 5.73 Å². The number of benzene rings is 1. The van der Waals surface area contributed by atoms with Crippen molar-refractivity contribution in [2.45, 2.75) is 63.3 Å². The minimum absolute atomic E-state index is 0.0526. The first-order valence-electron chi connectivity index (χ1n) is 11.1. The van der Waals surface area contributed by atoms with Crippen LogP contribution >= 0.6 is 0 Å². The molecular weight excluding hydrogens is 397 g/mol. The topological polar surface area (TPSA) is 93.7 Å². The van der Waals surface area contributed by atoms with E-state index in [1.54, 1.807) is 17.0 Å². The number of hydrogen-bond donors (Lipinski definition) is 1. The maximum absolute atomic E-state index is 13.3. The summed E-state index contributed by atoms with van der Waals surface area (Å²) in [4.78, 5) is 31.6. The van der Waals surface area contributed by atoms with E-state index in [1.165, 1.54) is 12.1 Å². The van der Waals surface area contributed by atoms with Gasteiger partial charge in [0.15, 0.2) is 0 Å². The zero-order valence-electron chi connectivity index (χ0n) is 18.1. The Morgan fingerprint density at radius 1 is 1.29 bits per heavy atom. The quantitative estimate of drug-likeness (QED) is 0.745. The molecule has 2 N–H and O–H groups in total. The van der Waals surface area contributed by atoms with Crippen molar-refractivity contribution in [1.82, 2.24) is 14.7 Å². The third-order valence-corrected chi connectivity index (χ3v) is 6.98. The van der Waals surface area contributed by atoms with Gasteiger partial charge in [-0.25, -0.2) is 4.39 Å². The second-order valence-corrected chi connectivity index (χ2v) is 9.16. The smallest absolute Gasteiger partial charge is 0.241 e. The monoisotopic (exact) mass is 427 g/mol. The number of halogens is 1. The Morgan fingerprint density at radius 3 is 2.61 bits per heavy atom. The van der Waals surface area contributed by atoms with Gasteiger partial charge in [-0.2, -0.15) is 5.26 Å². The highest BCUT2D eigenvalue weighted by atomic mass is 19.1. The van der Waals surface area contributed by atoms with E-state index in [0.717, 1.165) is 18.4 Å². The summed E-state index contributed by atoms with van der Waals surface area (Å²) in [5.74, 6) is -0.155. The highest BCUT2D eigenvalue weighted by Crippen LogP contribution is 2.39. The van der Waals surface area contributed by atoms with E-state index in [1.807, 2.05) is 23.6 Å². The Kier molecular flexibility index (Phi) is 6.00. The predicted molar refractivity (Wildman–Crippen MR) is 113 cm³/mol. The third kappa shape index (κ3) is 3.92. The molecule has 2 amide bonds. The first-order valence-corrected chi connectivity index (χ1v) is 11.1. The van der Waals surface area contributed by atoms with Crippen LogP contribution in [0.25, 0.3) is 0 Å². The van der Waals surface area contributed by atoms with E-state index in [-0.39, 0.29) is 41.7 Å². The van der Waals surface area contributed by atoms with Gasteiger partial charge in [0.25, 0.3) is 0 Å². The van der Waals surface area contributed by atoms with Crippen LogP contribution in [0, 0.1) is 23.1 Å². The molecular formula is C23H30FN5O2. The number of carbonyl (C=O) groups is 2. The summed E-state index contributed by atoms with van der Waals surface area (Å²) >= 11 is 0. The van der Waals surface area contributed by atoms with Crippen molar-refractivity contribution >= 4 is 11.8 Å². The van der Waals surface area contributed by atoms with Crippen LogP contribution in [0.5, 0.6) is 0 Å². The summed E-state index contributed by atoms with van der Waals surface area (Å²) in [5, 5.41) is 9.34. The van der Waals surface area contributed by atoms with Crippen molar-refractivity contribution in [2.75, 3.05) is 19.6 Å². The SMILES string of the molecule is CCC(c1ccc(F)cc1)N1C(=O)C2C[C@H]1CN2CC(N)C(=O)N1CC(C)CC1C#N. The Hall–Kier alpha value is -2.50. The molecule has 3 fully saturated rings. The Balaban J connectivity index is 1.41. The molecule has 5 unspecified atom stereocenters. The summed E-state index contributed by atoms with van der Waals surface area (Å²) in [6, 6.07) is 7.11. The summed E-state index contributed by atoms with van der Waals surface area (Å²) in [6.07, 6.45) is 2.15. The summed E-state index contributed by atoms with van der Waals surface area (Å²) in [5.41, 5.74) is 7.18. The van der Waals surface area contributed by atoms with Gasteiger partial charge in [-0.15, -0.1) is 0 Å². The molecule has 0 spiro atoms. The fourth-order valence-corrected chi connectivity index (χ4v) is 5.53. The second kappa shape index (κ2) is 8.56. The molecule has 3 aliphatic heterocycles. The fraction of sp³-hybridized carbons (Fsp3) is 0.609. The molecule has 3 heterocycles. The minimum atomic E-state index is -0.749. The van der Waals surface area contributed by atoms with Crippen molar-refractivity contribution < 1.29 is 14.0 Å². The largest absolute Gasteiger partial charge is 0.330 e. The summed E-state index contributed by atoms with van der Waals surface area (Å²) in [7, 11) is 0. The molecule has 0 saturated carbocycles. The molecule has 8 heteroatoms. The molecule has 7 nitrogen and oxygen atoms in total. The van der Waals surface area contributed by atoms with Gasteiger partial charge in [-0.05, 0) is 42.9 Å². The van der Waals surface area contributed by atoms with Gasteiger partial charge in [0.2, 0.25) is 11.8 Å². The van der Waals surface area contributed by atoms with Crippen molar-refractivity contribution in [2.24, 2.45) is 11.7 Å². The lowest BCUT2D eigenvalue weighted by Gasteiger charge is -2.39. The third-order valence-electron chi connectivity index (χ3n) is 6.98. The molecule has 166 valence electrons. The summed E-state index contributed by atoms with van der Waals surface area (Å²) in [6.45, 7) is 5.60. The lowest BCUT2D eigenvalue weighted by Crippen LogP contribution is -2.57. The molecule has 0 aliphatic carbocycles. The maximum atomic E-state index is 13.3. The maximum Gasteiger partial charge on any atom is 0.241 e. The number of nitrogens with zero attached hydrogens (tertiary/aromatic N) is 4. The average molecular weight is 428 g/mol. The van der Waals surface area contributed by atoms with Crippen molar-refractivity contribution in [1.29, 1.82) is 5.26 Å². The Morgan fingerprint density at radius 2 is 2.00 bits per heavy atom. The van der Waals surface area contributed by atoms with Gasteiger partial charge in [-0.3, -0.25) is 14.5 Å². The zero-order chi connectivity index (χ0) is 22.3. The molecule has 3 aliphatic rings. The zero-order valence-corrected chi connectivity index (χ0v) is 18.1. The number of rotatable bonds is 6. The van der Waals surface area contributed by atoms with Crippen LogP contribution in [-0.4, -0.2) is 70.3 Å². The van der Waals surface area contributed by atoms with Crippen molar-refractivity contribution in [3.8, 4) is 6.07 Å². The normalized spacial score (nSPS) is 30.0. The van der Waals surface area contributed by atoms with Gasteiger partial charge in [0, 0.05) is 25.7 Å². The number of piperazine rings is 1. The molecule has 0 aromatic heterocycles. The van der Waals surface area contributed by atoms with Gasteiger partial charge < -0.3 is 15.5 Å². The Labute approximate surface area is 182 Å². The van der Waals surface area contributed by atoms with Crippen LogP contribution in [0.15, 0.2) is 24.3 Å². The molecule has 0 radical (unpaired) electrons. The van der Waals surface area contributed by atoms with Gasteiger partial charge >= 0.3 is 0 Å². The predicted octanol–water partition coefficient (Wildman–Crippen LogP) is 1.65. The molecule has 1 aromatic carbocycles. The average Bonchev–Trinajstić information content (AvgIpc) is 3.42. The Bertz CT molecular complexity index is 885. The van der Waals surface area contributed by atoms with Gasteiger partial charge in [0.1, 0.15) is 11.9 Å². The molecule has 4 rings (SSSR count). The first-order chi connectivity index (χ1) is 14.8. The van der Waals surface area contributed by atoms with Crippen LogP contribution in [0.1, 0.15) is 44.7 Å². The molecule has 31 heavy (non-hydrogen) atoms. The van der Waals surface area contributed by atoms with E-state index in [4.69, 9.17) is 5.73 Å². The van der Waals surface area contributed by atoms with Crippen LogP contribution in [-0.2, 0) is 9.59 Å². The second-order valence-electron chi connectivity index (χ2n) is 9.16. The minimum Gasteiger partial charge on any atom is -0.330 e. The number of fused-ring (bicyclic) bond motifs is 2. The van der Waals surface area contributed by atoms with Crippen LogP contribution in [0.2, 0.25) is 0 Å². The molecule has 6 atom stereocenters. The number of amides is 2. The number of nitrogens with two attached hydrogens (primary N) is 1. The number of carbonyl (C=O) groups excluding carboxylic acids is 2. The van der Waals surface area contributed by atoms with Crippen molar-refractivity contribution in [3.63, 3.8) is 0 Å². The lowest BCUT2D eigenvalue weighted by molar-refractivity contribution is -0.141. The van der Waals surface area contributed by atoms with E-state index in [9.17, 15) is 19.2 Å². The lowest BCUT2D eigenvalue weighted by atomic mass is 10.0. The number of likely N-dealkylation sites (tertiary alicyclic amines) is 3. The van der Waals surface area contributed by atoms with E-state index < -0.39 is 12.1 Å². The molecule has 3 saturated heterocycles.